The maximum atomic E-state index is 5.85. The van der Waals surface area contributed by atoms with Crippen LogP contribution in [0.3, 0.4) is 0 Å². The van der Waals surface area contributed by atoms with Gasteiger partial charge in [-0.15, -0.1) is 0 Å². The Bertz CT molecular complexity index is 312. The predicted octanol–water partition coefficient (Wildman–Crippen LogP) is 2.31. The lowest BCUT2D eigenvalue weighted by Crippen LogP contribution is -2.21. The highest BCUT2D eigenvalue weighted by Crippen LogP contribution is 2.40. The van der Waals surface area contributed by atoms with Crippen molar-refractivity contribution in [1.29, 1.82) is 0 Å². The van der Waals surface area contributed by atoms with E-state index < -0.39 is 0 Å². The minimum Gasteiger partial charge on any atom is -0.330 e. The Kier molecular flexibility index (Phi) is 3.10. The van der Waals surface area contributed by atoms with Crippen LogP contribution >= 0.6 is 0 Å². The van der Waals surface area contributed by atoms with Crippen molar-refractivity contribution in [3.8, 4) is 0 Å². The van der Waals surface area contributed by atoms with Gasteiger partial charge in [-0.1, -0.05) is 13.8 Å². The Labute approximate surface area is 91.7 Å². The minimum atomic E-state index is 0.433. The molecular formula is C12H21N3. The second-order valence-electron chi connectivity index (χ2n) is 5.02. The normalized spacial score (nSPS) is 18.4. The van der Waals surface area contributed by atoms with Crippen LogP contribution in [0.4, 0.5) is 0 Å². The van der Waals surface area contributed by atoms with Crippen LogP contribution in [0.1, 0.15) is 50.8 Å². The van der Waals surface area contributed by atoms with E-state index in [-0.39, 0.29) is 0 Å². The first kappa shape index (κ1) is 10.7. The smallest absolute Gasteiger partial charge is 0.0951 e. The fourth-order valence-electron chi connectivity index (χ4n) is 2.18. The van der Waals surface area contributed by atoms with Gasteiger partial charge in [0.15, 0.2) is 0 Å². The van der Waals surface area contributed by atoms with Gasteiger partial charge in [0.1, 0.15) is 0 Å². The lowest BCUT2D eigenvalue weighted by atomic mass is 10.0. The molecule has 1 aliphatic carbocycles. The van der Waals surface area contributed by atoms with Crippen molar-refractivity contribution in [3.63, 3.8) is 0 Å². The molecule has 3 heteroatoms. The molecule has 1 aromatic rings. The Morgan fingerprint density at radius 1 is 1.53 bits per heavy atom. The molecule has 0 bridgehead atoms. The quantitative estimate of drug-likeness (QED) is 0.805. The highest BCUT2D eigenvalue weighted by atomic mass is 15.1. The van der Waals surface area contributed by atoms with Crippen molar-refractivity contribution in [1.82, 2.24) is 9.55 Å². The summed E-state index contributed by atoms with van der Waals surface area (Å²) in [6.07, 6.45) is 7.76. The van der Waals surface area contributed by atoms with E-state index in [1.165, 1.54) is 18.5 Å². The molecule has 0 saturated heterocycles. The Morgan fingerprint density at radius 2 is 2.27 bits per heavy atom. The summed E-state index contributed by atoms with van der Waals surface area (Å²) >= 11 is 0. The van der Waals surface area contributed by atoms with Crippen LogP contribution in [-0.2, 0) is 0 Å². The molecule has 2 N–H and O–H groups in total. The van der Waals surface area contributed by atoms with Crippen LogP contribution in [0.25, 0.3) is 0 Å². The number of nitrogens with zero attached hydrogens (tertiary/aromatic N) is 2. The van der Waals surface area contributed by atoms with Crippen molar-refractivity contribution < 1.29 is 0 Å². The standard InChI is InChI=1S/C12H21N3/c1-9(2)5-11(6-13)15-8-14-7-12(15)10-3-4-10/h7-11H,3-6,13H2,1-2H3. The number of rotatable bonds is 5. The van der Waals surface area contributed by atoms with Crippen LogP contribution in [0.5, 0.6) is 0 Å². The van der Waals surface area contributed by atoms with Gasteiger partial charge in [-0.25, -0.2) is 4.98 Å². The number of aromatic nitrogens is 2. The SMILES string of the molecule is CC(C)CC(CN)n1cncc1C1CC1. The van der Waals surface area contributed by atoms with Crippen molar-refractivity contribution in [2.45, 2.75) is 45.1 Å². The molecule has 1 aliphatic rings. The zero-order valence-corrected chi connectivity index (χ0v) is 9.69. The number of imidazole rings is 1. The van der Waals surface area contributed by atoms with Crippen LogP contribution < -0.4 is 5.73 Å². The van der Waals surface area contributed by atoms with Crippen LogP contribution in [-0.4, -0.2) is 16.1 Å². The summed E-state index contributed by atoms with van der Waals surface area (Å²) in [5, 5.41) is 0. The summed E-state index contributed by atoms with van der Waals surface area (Å²) in [5.74, 6) is 1.45. The van der Waals surface area contributed by atoms with Gasteiger partial charge in [0.25, 0.3) is 0 Å². The third kappa shape index (κ3) is 2.40. The Balaban J connectivity index is 2.13. The summed E-state index contributed by atoms with van der Waals surface area (Å²) < 4.78 is 2.30. The fraction of sp³-hybridized carbons (Fsp3) is 0.750. The van der Waals surface area contributed by atoms with Gasteiger partial charge in [-0.3, -0.25) is 0 Å². The molecular weight excluding hydrogens is 186 g/mol. The number of hydrogen-bond acceptors (Lipinski definition) is 2. The summed E-state index contributed by atoms with van der Waals surface area (Å²) in [6, 6.07) is 0.433. The molecule has 1 unspecified atom stereocenters. The molecule has 0 aliphatic heterocycles. The lowest BCUT2D eigenvalue weighted by Gasteiger charge is -2.21. The van der Waals surface area contributed by atoms with Crippen molar-refractivity contribution in [3.05, 3.63) is 18.2 Å². The van der Waals surface area contributed by atoms with E-state index in [0.29, 0.717) is 18.5 Å². The van der Waals surface area contributed by atoms with Gasteiger partial charge in [0.2, 0.25) is 0 Å². The maximum Gasteiger partial charge on any atom is 0.0951 e. The monoisotopic (exact) mass is 207 g/mol. The summed E-state index contributed by atoms with van der Waals surface area (Å²) in [5.41, 5.74) is 7.25. The second-order valence-corrected chi connectivity index (χ2v) is 5.02. The van der Waals surface area contributed by atoms with Crippen molar-refractivity contribution >= 4 is 0 Å². The summed E-state index contributed by atoms with van der Waals surface area (Å²) in [6.45, 7) is 5.21. The first-order valence-corrected chi connectivity index (χ1v) is 5.94. The lowest BCUT2D eigenvalue weighted by molar-refractivity contribution is 0.399. The average molecular weight is 207 g/mol. The molecule has 0 radical (unpaired) electrons. The molecule has 2 rings (SSSR count). The third-order valence-corrected chi connectivity index (χ3v) is 3.10. The van der Waals surface area contributed by atoms with E-state index in [4.69, 9.17) is 5.73 Å². The second kappa shape index (κ2) is 4.35. The molecule has 1 aromatic heterocycles. The van der Waals surface area contributed by atoms with Crippen LogP contribution in [0.2, 0.25) is 0 Å². The van der Waals surface area contributed by atoms with Crippen LogP contribution in [0.15, 0.2) is 12.5 Å². The molecule has 3 nitrogen and oxygen atoms in total. The Morgan fingerprint density at radius 3 is 2.80 bits per heavy atom. The molecule has 1 fully saturated rings. The van der Waals surface area contributed by atoms with E-state index in [1.807, 2.05) is 12.5 Å². The number of nitrogens with two attached hydrogens (primary N) is 1. The highest BCUT2D eigenvalue weighted by Gasteiger charge is 2.28. The minimum absolute atomic E-state index is 0.433. The zero-order chi connectivity index (χ0) is 10.8. The Hall–Kier alpha value is -0.830. The van der Waals surface area contributed by atoms with Gasteiger partial charge < -0.3 is 10.3 Å². The molecule has 0 spiro atoms. The zero-order valence-electron chi connectivity index (χ0n) is 9.69. The van der Waals surface area contributed by atoms with Crippen molar-refractivity contribution in [2.24, 2.45) is 11.7 Å². The predicted molar refractivity (Wildman–Crippen MR) is 61.7 cm³/mol. The number of hydrogen-bond donors (Lipinski definition) is 1. The molecule has 1 atom stereocenters. The first-order valence-electron chi connectivity index (χ1n) is 5.94. The third-order valence-electron chi connectivity index (χ3n) is 3.10. The van der Waals surface area contributed by atoms with Gasteiger partial charge in [-0.2, -0.15) is 0 Å². The van der Waals surface area contributed by atoms with E-state index in [0.717, 1.165) is 12.3 Å². The van der Waals surface area contributed by atoms with E-state index >= 15 is 0 Å². The fourth-order valence-corrected chi connectivity index (χ4v) is 2.18. The van der Waals surface area contributed by atoms with E-state index in [9.17, 15) is 0 Å². The average Bonchev–Trinajstić information content (AvgIpc) is 2.93. The molecule has 1 heterocycles. The van der Waals surface area contributed by atoms with Gasteiger partial charge >= 0.3 is 0 Å². The van der Waals surface area contributed by atoms with E-state index in [1.54, 1.807) is 0 Å². The van der Waals surface area contributed by atoms with Gasteiger partial charge in [0.05, 0.1) is 6.33 Å². The molecule has 0 amide bonds. The highest BCUT2D eigenvalue weighted by molar-refractivity contribution is 5.13. The van der Waals surface area contributed by atoms with E-state index in [2.05, 4.69) is 23.4 Å². The topological polar surface area (TPSA) is 43.8 Å². The summed E-state index contributed by atoms with van der Waals surface area (Å²) in [7, 11) is 0. The largest absolute Gasteiger partial charge is 0.330 e. The molecule has 1 saturated carbocycles. The molecule has 15 heavy (non-hydrogen) atoms. The maximum absolute atomic E-state index is 5.85. The molecule has 0 aromatic carbocycles. The van der Waals surface area contributed by atoms with Gasteiger partial charge in [0, 0.05) is 30.4 Å². The molecule has 84 valence electrons. The van der Waals surface area contributed by atoms with Crippen molar-refractivity contribution in [2.75, 3.05) is 6.54 Å². The van der Waals surface area contributed by atoms with Crippen LogP contribution in [0, 0.1) is 5.92 Å². The van der Waals surface area contributed by atoms with Gasteiger partial charge in [-0.05, 0) is 25.2 Å². The first-order chi connectivity index (χ1) is 7.22. The summed E-state index contributed by atoms with van der Waals surface area (Å²) in [4.78, 5) is 4.27.